The van der Waals surface area contributed by atoms with Gasteiger partial charge in [-0.2, -0.15) is 0 Å². The van der Waals surface area contributed by atoms with Crippen molar-refractivity contribution in [2.24, 2.45) is 0 Å². The monoisotopic (exact) mass is 524 g/mol. The fourth-order valence-electron chi connectivity index (χ4n) is 4.24. The molecule has 190 valence electrons. The molecule has 0 radical (unpaired) electrons. The number of nitrogens with zero attached hydrogens (tertiary/aromatic N) is 2. The van der Waals surface area contributed by atoms with Gasteiger partial charge in [-0.25, -0.2) is 14.2 Å². The highest BCUT2D eigenvalue weighted by Crippen LogP contribution is 2.45. The van der Waals surface area contributed by atoms with Gasteiger partial charge in [-0.3, -0.25) is 14.5 Å². The van der Waals surface area contributed by atoms with Crippen LogP contribution in [0.2, 0.25) is 0 Å². The second-order valence-electron chi connectivity index (χ2n) is 8.18. The molecule has 0 bridgehead atoms. The SMILES string of the molecule is CCOC(=O)c1sc(N2C(=O)C(=O)C(=C(O)c3ccc4c(c3)OCCO4)[C@@H]2c2ccccc2F)nc1C. The van der Waals surface area contributed by atoms with Gasteiger partial charge in [0.2, 0.25) is 0 Å². The number of Topliss-reactive ketones (excluding diaryl/α,β-unsaturated/α-hetero) is 1. The van der Waals surface area contributed by atoms with Crippen LogP contribution in [0.15, 0.2) is 48.0 Å². The molecule has 3 aromatic rings. The molecule has 2 aromatic carbocycles. The number of ketones is 1. The van der Waals surface area contributed by atoms with Crippen LogP contribution in [0.1, 0.15) is 39.5 Å². The van der Waals surface area contributed by atoms with Crippen LogP contribution in [-0.2, 0) is 14.3 Å². The number of anilines is 1. The van der Waals surface area contributed by atoms with E-state index in [2.05, 4.69) is 4.98 Å². The summed E-state index contributed by atoms with van der Waals surface area (Å²) in [6.45, 7) is 4.04. The van der Waals surface area contributed by atoms with E-state index in [-0.39, 0.29) is 33.3 Å². The minimum atomic E-state index is -1.34. The maximum atomic E-state index is 15.1. The molecule has 1 saturated heterocycles. The number of carbonyl (C=O) groups excluding carboxylic acids is 3. The number of ether oxygens (including phenoxy) is 3. The van der Waals surface area contributed by atoms with E-state index in [1.54, 1.807) is 26.0 Å². The smallest absolute Gasteiger partial charge is 0.350 e. The zero-order valence-electron chi connectivity index (χ0n) is 19.8. The molecule has 0 unspecified atom stereocenters. The molecule has 0 saturated carbocycles. The molecule has 11 heteroatoms. The number of aromatic nitrogens is 1. The highest BCUT2D eigenvalue weighted by molar-refractivity contribution is 7.17. The number of thiazole rings is 1. The average molecular weight is 525 g/mol. The summed E-state index contributed by atoms with van der Waals surface area (Å²) in [5.74, 6) is -3.03. The molecule has 0 spiro atoms. The number of esters is 1. The zero-order valence-corrected chi connectivity index (χ0v) is 20.6. The van der Waals surface area contributed by atoms with Crippen LogP contribution < -0.4 is 14.4 Å². The van der Waals surface area contributed by atoms with Gasteiger partial charge < -0.3 is 19.3 Å². The van der Waals surface area contributed by atoms with Crippen LogP contribution in [0.4, 0.5) is 9.52 Å². The lowest BCUT2D eigenvalue weighted by Crippen LogP contribution is -2.29. The van der Waals surface area contributed by atoms with Crippen molar-refractivity contribution in [1.82, 2.24) is 4.98 Å². The summed E-state index contributed by atoms with van der Waals surface area (Å²) in [6.07, 6.45) is 0. The summed E-state index contributed by atoms with van der Waals surface area (Å²) in [5.41, 5.74) is 0.134. The maximum Gasteiger partial charge on any atom is 0.350 e. The first-order valence-electron chi connectivity index (χ1n) is 11.4. The Bertz CT molecular complexity index is 1460. The van der Waals surface area contributed by atoms with Crippen LogP contribution in [0, 0.1) is 12.7 Å². The first kappa shape index (κ1) is 24.4. The predicted molar refractivity (Wildman–Crippen MR) is 131 cm³/mol. The first-order chi connectivity index (χ1) is 17.8. The summed E-state index contributed by atoms with van der Waals surface area (Å²) >= 11 is 0.847. The van der Waals surface area contributed by atoms with E-state index in [0.29, 0.717) is 30.4 Å². The van der Waals surface area contributed by atoms with Crippen LogP contribution >= 0.6 is 11.3 Å². The van der Waals surface area contributed by atoms with Gasteiger partial charge in [0.25, 0.3) is 5.78 Å². The van der Waals surface area contributed by atoms with Gasteiger partial charge in [-0.1, -0.05) is 29.5 Å². The molecule has 37 heavy (non-hydrogen) atoms. The topological polar surface area (TPSA) is 115 Å². The van der Waals surface area contributed by atoms with E-state index in [1.165, 1.54) is 30.3 Å². The van der Waals surface area contributed by atoms with Gasteiger partial charge in [0, 0.05) is 11.1 Å². The fraction of sp³-hybridized carbons (Fsp3) is 0.231. The Morgan fingerprint density at radius 3 is 2.65 bits per heavy atom. The Kier molecular flexibility index (Phi) is 6.38. The van der Waals surface area contributed by atoms with E-state index in [0.717, 1.165) is 16.2 Å². The maximum absolute atomic E-state index is 15.1. The third kappa shape index (κ3) is 4.20. The van der Waals surface area contributed by atoms with E-state index in [9.17, 15) is 19.5 Å². The zero-order chi connectivity index (χ0) is 26.3. The summed E-state index contributed by atoms with van der Waals surface area (Å²) in [4.78, 5) is 44.5. The van der Waals surface area contributed by atoms with Crippen molar-refractivity contribution in [2.75, 3.05) is 24.7 Å². The summed E-state index contributed by atoms with van der Waals surface area (Å²) in [7, 11) is 0. The molecule has 3 heterocycles. The van der Waals surface area contributed by atoms with Crippen molar-refractivity contribution in [3.8, 4) is 11.5 Å². The molecule has 1 atom stereocenters. The fourth-order valence-corrected chi connectivity index (χ4v) is 5.23. The molecule has 1 amide bonds. The van der Waals surface area contributed by atoms with Crippen LogP contribution in [0.25, 0.3) is 5.76 Å². The lowest BCUT2D eigenvalue weighted by molar-refractivity contribution is -0.132. The molecule has 2 aliphatic rings. The van der Waals surface area contributed by atoms with Crippen molar-refractivity contribution >= 4 is 39.9 Å². The summed E-state index contributed by atoms with van der Waals surface area (Å²) in [6, 6.07) is 8.88. The lowest BCUT2D eigenvalue weighted by atomic mass is 9.95. The van der Waals surface area contributed by atoms with E-state index >= 15 is 4.39 Å². The quantitative estimate of drug-likeness (QED) is 0.229. The number of halogens is 1. The van der Waals surface area contributed by atoms with Gasteiger partial charge in [0.1, 0.15) is 35.7 Å². The number of amides is 1. The molecule has 0 aliphatic carbocycles. The van der Waals surface area contributed by atoms with E-state index < -0.39 is 35.3 Å². The Hall–Kier alpha value is -4.25. The number of aryl methyl sites for hydroxylation is 1. The van der Waals surface area contributed by atoms with Crippen LogP contribution in [0.5, 0.6) is 11.5 Å². The Morgan fingerprint density at radius 1 is 1.19 bits per heavy atom. The standard InChI is InChI=1S/C26H21FN2O7S/c1-3-34-25(33)23-13(2)28-26(37-23)29-20(15-6-4-5-7-16(15)27)19(22(31)24(29)32)21(30)14-8-9-17-18(12-14)36-11-10-35-17/h4-9,12,20,30H,3,10-11H2,1-2H3/t20-/m0/s1. The van der Waals surface area contributed by atoms with Gasteiger partial charge in [0.15, 0.2) is 16.6 Å². The van der Waals surface area contributed by atoms with Crippen molar-refractivity contribution in [2.45, 2.75) is 19.9 Å². The Morgan fingerprint density at radius 2 is 1.92 bits per heavy atom. The third-order valence-corrected chi connectivity index (χ3v) is 7.05. The average Bonchev–Trinajstić information content (AvgIpc) is 3.40. The minimum absolute atomic E-state index is 0.00266. The van der Waals surface area contributed by atoms with E-state index in [4.69, 9.17) is 14.2 Å². The molecular weight excluding hydrogens is 503 g/mol. The van der Waals surface area contributed by atoms with Gasteiger partial charge >= 0.3 is 11.9 Å². The minimum Gasteiger partial charge on any atom is -0.507 e. The molecule has 1 N–H and O–H groups in total. The van der Waals surface area contributed by atoms with Gasteiger partial charge in [-0.15, -0.1) is 0 Å². The number of fused-ring (bicyclic) bond motifs is 1. The molecule has 5 rings (SSSR count). The number of benzene rings is 2. The van der Waals surface area contributed by atoms with Crippen molar-refractivity contribution < 1.29 is 38.1 Å². The van der Waals surface area contributed by atoms with E-state index in [1.807, 2.05) is 0 Å². The summed E-state index contributed by atoms with van der Waals surface area (Å²) in [5, 5.41) is 11.3. The largest absolute Gasteiger partial charge is 0.507 e. The predicted octanol–water partition coefficient (Wildman–Crippen LogP) is 4.16. The number of aliphatic hydroxyl groups excluding tert-OH is 1. The Balaban J connectivity index is 1.68. The van der Waals surface area contributed by atoms with Crippen LogP contribution in [0.3, 0.4) is 0 Å². The third-order valence-electron chi connectivity index (χ3n) is 5.91. The lowest BCUT2D eigenvalue weighted by Gasteiger charge is -2.23. The molecule has 1 fully saturated rings. The molecular formula is C26H21FN2O7S. The van der Waals surface area contributed by atoms with Crippen molar-refractivity contribution in [3.63, 3.8) is 0 Å². The second-order valence-corrected chi connectivity index (χ2v) is 9.16. The highest BCUT2D eigenvalue weighted by Gasteiger charge is 2.49. The van der Waals surface area contributed by atoms with Crippen LogP contribution in [-0.4, -0.2) is 47.6 Å². The Labute approximate surface area is 214 Å². The molecule has 9 nitrogen and oxygen atoms in total. The van der Waals surface area contributed by atoms with Gasteiger partial charge in [0.05, 0.1) is 17.9 Å². The number of hydrogen-bond acceptors (Lipinski definition) is 9. The molecule has 2 aliphatic heterocycles. The summed E-state index contributed by atoms with van der Waals surface area (Å²) < 4.78 is 31.2. The number of rotatable bonds is 5. The number of hydrogen-bond donors (Lipinski definition) is 1. The van der Waals surface area contributed by atoms with Gasteiger partial charge in [-0.05, 0) is 38.1 Å². The number of carbonyl (C=O) groups is 3. The van der Waals surface area contributed by atoms with Crippen molar-refractivity contribution in [1.29, 1.82) is 0 Å². The number of aliphatic hydroxyl groups is 1. The highest BCUT2D eigenvalue weighted by atomic mass is 32.1. The first-order valence-corrected chi connectivity index (χ1v) is 12.2. The van der Waals surface area contributed by atoms with Crippen molar-refractivity contribution in [3.05, 3.63) is 75.6 Å². The normalized spacial score (nSPS) is 18.2. The molecule has 1 aromatic heterocycles. The second kappa shape index (κ2) is 9.66.